The molecule has 1 amide bonds. The molecule has 9 heteroatoms. The molecule has 0 aliphatic carbocycles. The molecule has 2 saturated heterocycles. The van der Waals surface area contributed by atoms with E-state index in [1.807, 2.05) is 24.3 Å². The van der Waals surface area contributed by atoms with Crippen molar-refractivity contribution in [3.8, 4) is 0 Å². The van der Waals surface area contributed by atoms with Gasteiger partial charge in [0.15, 0.2) is 0 Å². The van der Waals surface area contributed by atoms with Crippen LogP contribution in [0.2, 0.25) is 5.02 Å². The van der Waals surface area contributed by atoms with Gasteiger partial charge in [-0.3, -0.25) is 9.48 Å². The van der Waals surface area contributed by atoms with Gasteiger partial charge in [0.1, 0.15) is 11.9 Å². The number of ether oxygens (including phenoxy) is 1. The fourth-order valence-corrected chi connectivity index (χ4v) is 4.11. The average Bonchev–Trinajstić information content (AvgIpc) is 3.32. The molecule has 2 aromatic rings. The fraction of sp³-hybridized carbons (Fsp3) is 0.474. The molecule has 28 heavy (non-hydrogen) atoms. The first-order valence-corrected chi connectivity index (χ1v) is 9.45. The number of rotatable bonds is 3. The van der Waals surface area contributed by atoms with Gasteiger partial charge >= 0.3 is 0 Å². The van der Waals surface area contributed by atoms with Gasteiger partial charge < -0.3 is 15.0 Å². The lowest BCUT2D eigenvalue weighted by Crippen LogP contribution is -2.46. The van der Waals surface area contributed by atoms with Crippen molar-refractivity contribution in [2.24, 2.45) is 13.0 Å². The van der Waals surface area contributed by atoms with Crippen molar-refractivity contribution in [2.45, 2.75) is 12.0 Å². The van der Waals surface area contributed by atoms with Gasteiger partial charge in [-0.2, -0.15) is 5.10 Å². The molecule has 1 unspecified atom stereocenters. The number of hydrogen-bond donors (Lipinski definition) is 1. The van der Waals surface area contributed by atoms with E-state index in [1.54, 1.807) is 16.8 Å². The van der Waals surface area contributed by atoms with Gasteiger partial charge in [-0.05, 0) is 23.3 Å². The summed E-state index contributed by atoms with van der Waals surface area (Å²) in [4.78, 5) is 15.1. The van der Waals surface area contributed by atoms with Gasteiger partial charge in [0.2, 0.25) is 5.91 Å². The molecule has 0 saturated carbocycles. The van der Waals surface area contributed by atoms with Gasteiger partial charge in [0.05, 0.1) is 30.3 Å². The largest absolute Gasteiger partial charge is 0.370 e. The van der Waals surface area contributed by atoms with Crippen molar-refractivity contribution in [1.29, 1.82) is 0 Å². The average molecular weight is 429 g/mol. The molecule has 1 aromatic carbocycles. The van der Waals surface area contributed by atoms with Crippen LogP contribution in [0.15, 0.2) is 30.6 Å². The number of morpholine rings is 1. The molecule has 3 atom stereocenters. The Labute approximate surface area is 174 Å². The van der Waals surface area contributed by atoms with Crippen molar-refractivity contribution in [2.75, 3.05) is 32.8 Å². The maximum atomic E-state index is 13.4. The third-order valence-electron chi connectivity index (χ3n) is 5.38. The van der Waals surface area contributed by atoms with E-state index in [1.165, 1.54) is 6.07 Å². The minimum Gasteiger partial charge on any atom is -0.370 e. The third-order valence-corrected chi connectivity index (χ3v) is 5.67. The summed E-state index contributed by atoms with van der Waals surface area (Å²) in [5.41, 5.74) is 1.86. The molecule has 3 heterocycles. The molecular weight excluding hydrogens is 406 g/mol. The quantitative estimate of drug-likeness (QED) is 0.815. The first kappa shape index (κ1) is 21.0. The smallest absolute Gasteiger partial charge is 0.227 e. The maximum Gasteiger partial charge on any atom is 0.227 e. The zero-order valence-corrected chi connectivity index (χ0v) is 17.0. The van der Waals surface area contributed by atoms with Crippen LogP contribution < -0.4 is 5.32 Å². The molecule has 0 radical (unpaired) electrons. The van der Waals surface area contributed by atoms with E-state index in [4.69, 9.17) is 16.3 Å². The van der Waals surface area contributed by atoms with Gasteiger partial charge in [0.25, 0.3) is 0 Å². The standard InChI is InChI=1S/C19H22ClFN4O2.ClH/c1-24-10-13(7-23-24)14-8-22-9-15(14)19(26)25-4-5-27-18(11-25)12-2-3-17(21)16(20)6-12;/h2-3,6-7,10,14-15,18,22H,4-5,8-9,11H2,1H3;1H/t14-,15+,18?;/m1./s1. The summed E-state index contributed by atoms with van der Waals surface area (Å²) in [6.07, 6.45) is 3.51. The lowest BCUT2D eigenvalue weighted by molar-refractivity contribution is -0.143. The van der Waals surface area contributed by atoms with Crippen LogP contribution in [-0.2, 0) is 16.6 Å². The molecule has 1 N–H and O–H groups in total. The molecule has 4 rings (SSSR count). The number of halogens is 3. The monoisotopic (exact) mass is 428 g/mol. The van der Waals surface area contributed by atoms with Crippen molar-refractivity contribution in [3.05, 3.63) is 52.6 Å². The number of aryl methyl sites for hydroxylation is 1. The summed E-state index contributed by atoms with van der Waals surface area (Å²) in [6, 6.07) is 4.57. The number of carbonyl (C=O) groups excluding carboxylic acids is 1. The highest BCUT2D eigenvalue weighted by Crippen LogP contribution is 2.32. The predicted octanol–water partition coefficient (Wildman–Crippen LogP) is 2.54. The van der Waals surface area contributed by atoms with Crippen molar-refractivity contribution >= 4 is 29.9 Å². The molecule has 0 bridgehead atoms. The summed E-state index contributed by atoms with van der Waals surface area (Å²) < 4.78 is 21.0. The number of nitrogens with zero attached hydrogens (tertiary/aromatic N) is 3. The van der Waals surface area contributed by atoms with Crippen LogP contribution in [0.25, 0.3) is 0 Å². The Bertz CT molecular complexity index is 847. The SMILES string of the molecule is Cl.Cn1cc([C@H]2CNC[C@@H]2C(=O)N2CCOC(c3ccc(F)c(Cl)c3)C2)cn1. The normalized spacial score (nSPS) is 24.8. The second-order valence-corrected chi connectivity index (χ2v) is 7.54. The molecule has 2 fully saturated rings. The molecule has 0 spiro atoms. The minimum absolute atomic E-state index is 0. The maximum absolute atomic E-state index is 13.4. The zero-order valence-electron chi connectivity index (χ0n) is 15.5. The zero-order chi connectivity index (χ0) is 19.0. The Kier molecular flexibility index (Phi) is 6.60. The predicted molar refractivity (Wildman–Crippen MR) is 106 cm³/mol. The van der Waals surface area contributed by atoms with E-state index in [9.17, 15) is 9.18 Å². The van der Waals surface area contributed by atoms with Crippen LogP contribution in [0.5, 0.6) is 0 Å². The van der Waals surface area contributed by atoms with E-state index >= 15 is 0 Å². The lowest BCUT2D eigenvalue weighted by Gasteiger charge is -2.35. The van der Waals surface area contributed by atoms with Crippen LogP contribution in [0.3, 0.4) is 0 Å². The molecule has 2 aliphatic rings. The topological polar surface area (TPSA) is 59.4 Å². The fourth-order valence-electron chi connectivity index (χ4n) is 3.92. The van der Waals surface area contributed by atoms with Crippen molar-refractivity contribution in [3.63, 3.8) is 0 Å². The second kappa shape index (κ2) is 8.78. The highest BCUT2D eigenvalue weighted by Gasteiger charge is 2.38. The van der Waals surface area contributed by atoms with Gasteiger partial charge in [-0.25, -0.2) is 4.39 Å². The summed E-state index contributed by atoms with van der Waals surface area (Å²) in [7, 11) is 1.88. The Morgan fingerprint density at radius 2 is 2.18 bits per heavy atom. The Balaban J connectivity index is 0.00000225. The van der Waals surface area contributed by atoms with E-state index in [0.29, 0.717) is 26.2 Å². The highest BCUT2D eigenvalue weighted by atomic mass is 35.5. The van der Waals surface area contributed by atoms with E-state index in [2.05, 4.69) is 10.4 Å². The molecule has 6 nitrogen and oxygen atoms in total. The Hall–Kier alpha value is -1.67. The molecule has 152 valence electrons. The Morgan fingerprint density at radius 1 is 1.36 bits per heavy atom. The lowest BCUT2D eigenvalue weighted by atomic mass is 9.89. The van der Waals surface area contributed by atoms with E-state index in [-0.39, 0.29) is 41.3 Å². The van der Waals surface area contributed by atoms with Gasteiger partial charge in [-0.1, -0.05) is 17.7 Å². The Morgan fingerprint density at radius 3 is 2.89 bits per heavy atom. The van der Waals surface area contributed by atoms with E-state index < -0.39 is 5.82 Å². The highest BCUT2D eigenvalue weighted by molar-refractivity contribution is 6.30. The number of aromatic nitrogens is 2. The number of amides is 1. The summed E-state index contributed by atoms with van der Waals surface area (Å²) in [6.45, 7) is 2.87. The molecule has 2 aliphatic heterocycles. The van der Waals surface area contributed by atoms with Gasteiger partial charge in [0, 0.05) is 38.8 Å². The number of carbonyl (C=O) groups is 1. The van der Waals surface area contributed by atoms with Crippen LogP contribution >= 0.6 is 24.0 Å². The van der Waals surface area contributed by atoms with Crippen LogP contribution in [-0.4, -0.2) is 53.4 Å². The first-order chi connectivity index (χ1) is 13.0. The van der Waals surface area contributed by atoms with Crippen LogP contribution in [0.1, 0.15) is 23.1 Å². The van der Waals surface area contributed by atoms with Crippen molar-refractivity contribution < 1.29 is 13.9 Å². The van der Waals surface area contributed by atoms with Gasteiger partial charge in [-0.15, -0.1) is 12.4 Å². The van der Waals surface area contributed by atoms with Crippen LogP contribution in [0, 0.1) is 11.7 Å². The molecular formula is C19H23Cl2FN4O2. The second-order valence-electron chi connectivity index (χ2n) is 7.14. The summed E-state index contributed by atoms with van der Waals surface area (Å²) in [5.74, 6) is -0.339. The summed E-state index contributed by atoms with van der Waals surface area (Å²) >= 11 is 5.90. The minimum atomic E-state index is -0.458. The van der Waals surface area contributed by atoms with E-state index in [0.717, 1.165) is 17.7 Å². The van der Waals surface area contributed by atoms with Crippen molar-refractivity contribution in [1.82, 2.24) is 20.0 Å². The summed E-state index contributed by atoms with van der Waals surface area (Å²) in [5, 5.41) is 7.63. The number of benzene rings is 1. The third kappa shape index (κ3) is 4.17. The molecule has 1 aromatic heterocycles. The number of hydrogen-bond acceptors (Lipinski definition) is 4. The number of nitrogens with one attached hydrogen (secondary N) is 1. The van der Waals surface area contributed by atoms with Crippen LogP contribution in [0.4, 0.5) is 4.39 Å². The first-order valence-electron chi connectivity index (χ1n) is 9.07.